The predicted molar refractivity (Wildman–Crippen MR) is 212 cm³/mol. The van der Waals surface area contributed by atoms with E-state index < -0.39 is 0 Å². The molecule has 9 aromatic rings. The summed E-state index contributed by atoms with van der Waals surface area (Å²) < 4.78 is 2.39. The summed E-state index contributed by atoms with van der Waals surface area (Å²) in [5.74, 6) is 0. The first-order valence-corrected chi connectivity index (χ1v) is 17.1. The van der Waals surface area contributed by atoms with E-state index in [0.29, 0.717) is 0 Å². The number of nitrogens with zero attached hydrogens (tertiary/aromatic N) is 2. The zero-order chi connectivity index (χ0) is 33.3. The van der Waals surface area contributed by atoms with Crippen molar-refractivity contribution in [1.82, 2.24) is 4.57 Å². The van der Waals surface area contributed by atoms with E-state index >= 15 is 0 Å². The molecule has 2 nitrogen and oxygen atoms in total. The van der Waals surface area contributed by atoms with Crippen LogP contribution in [-0.4, -0.2) is 4.57 Å². The second kappa shape index (κ2) is 12.8. The van der Waals surface area contributed by atoms with Crippen molar-refractivity contribution in [3.8, 4) is 39.1 Å². The monoisotopic (exact) mass is 638 g/mol. The van der Waals surface area contributed by atoms with Crippen molar-refractivity contribution in [3.63, 3.8) is 0 Å². The van der Waals surface area contributed by atoms with Crippen molar-refractivity contribution in [3.05, 3.63) is 206 Å². The summed E-state index contributed by atoms with van der Waals surface area (Å²) in [6, 6.07) is 74.1. The smallest absolute Gasteiger partial charge is 0.0562 e. The van der Waals surface area contributed by atoms with Crippen LogP contribution in [0, 0.1) is 0 Å². The first kappa shape index (κ1) is 29.5. The Balaban J connectivity index is 1.28. The Bertz CT molecular complexity index is 2570. The van der Waals surface area contributed by atoms with E-state index in [0.717, 1.165) is 22.7 Å². The molecule has 0 N–H and O–H groups in total. The van der Waals surface area contributed by atoms with Crippen LogP contribution in [0.2, 0.25) is 0 Å². The lowest BCUT2D eigenvalue weighted by atomic mass is 9.98. The third-order valence-corrected chi connectivity index (χ3v) is 9.59. The molecule has 236 valence electrons. The van der Waals surface area contributed by atoms with Crippen molar-refractivity contribution >= 4 is 38.9 Å². The lowest BCUT2D eigenvalue weighted by Crippen LogP contribution is -2.12. The van der Waals surface area contributed by atoms with Gasteiger partial charge in [-0.15, -0.1) is 0 Å². The van der Waals surface area contributed by atoms with Gasteiger partial charge in [0.25, 0.3) is 0 Å². The predicted octanol–water partition coefficient (Wildman–Crippen LogP) is 13.3. The molecule has 2 heteroatoms. The molecule has 9 rings (SSSR count). The molecule has 50 heavy (non-hydrogen) atoms. The summed E-state index contributed by atoms with van der Waals surface area (Å²) in [5.41, 5.74) is 14.0. The number of rotatable bonds is 7. The molecule has 0 unspecified atom stereocenters. The van der Waals surface area contributed by atoms with Crippen LogP contribution in [0.4, 0.5) is 17.1 Å². The molecule has 0 atom stereocenters. The van der Waals surface area contributed by atoms with Gasteiger partial charge >= 0.3 is 0 Å². The van der Waals surface area contributed by atoms with E-state index in [1.807, 2.05) is 0 Å². The Hall–Kier alpha value is -6.64. The molecule has 0 aliphatic carbocycles. The van der Waals surface area contributed by atoms with Gasteiger partial charge in [-0.05, 0) is 76.3 Å². The van der Waals surface area contributed by atoms with Gasteiger partial charge in [0.15, 0.2) is 0 Å². The summed E-state index contributed by atoms with van der Waals surface area (Å²) >= 11 is 0. The van der Waals surface area contributed by atoms with E-state index in [9.17, 15) is 0 Å². The second-order valence-electron chi connectivity index (χ2n) is 12.6. The summed E-state index contributed by atoms with van der Waals surface area (Å²) in [6.07, 6.45) is 0. The van der Waals surface area contributed by atoms with Gasteiger partial charge in [0, 0.05) is 27.7 Å². The maximum absolute atomic E-state index is 2.45. The normalized spacial score (nSPS) is 11.2. The Morgan fingerprint density at radius 3 is 1.62 bits per heavy atom. The van der Waals surface area contributed by atoms with Crippen LogP contribution in [0.25, 0.3) is 60.9 Å². The van der Waals surface area contributed by atoms with Crippen molar-refractivity contribution in [2.75, 3.05) is 4.90 Å². The summed E-state index contributed by atoms with van der Waals surface area (Å²) in [7, 11) is 0. The lowest BCUT2D eigenvalue weighted by Gasteiger charge is -2.29. The highest BCUT2D eigenvalue weighted by atomic mass is 15.2. The number of para-hydroxylation sites is 3. The maximum atomic E-state index is 2.45. The quantitative estimate of drug-likeness (QED) is 0.169. The van der Waals surface area contributed by atoms with Crippen molar-refractivity contribution < 1.29 is 0 Å². The molecule has 1 heterocycles. The van der Waals surface area contributed by atoms with E-state index in [1.165, 1.54) is 55.2 Å². The summed E-state index contributed by atoms with van der Waals surface area (Å²) in [4.78, 5) is 2.45. The van der Waals surface area contributed by atoms with Gasteiger partial charge in [-0.25, -0.2) is 0 Å². The van der Waals surface area contributed by atoms with Gasteiger partial charge in [0.2, 0.25) is 0 Å². The fraction of sp³-hybridized carbons (Fsp3) is 0. The topological polar surface area (TPSA) is 8.17 Å². The fourth-order valence-electron chi connectivity index (χ4n) is 7.29. The standard InChI is InChI=1S/C48H34N2/c1-4-16-35(17-5-1)36-30-32-37(33-31-36)39-20-14-23-41(34-39)50(44-26-12-10-24-42(44)38-18-6-2-7-19-38)47-29-15-28-46-48(47)43-25-11-13-27-45(43)49(46)40-21-8-3-9-22-40/h1-34H. The minimum atomic E-state index is 1.10. The van der Waals surface area contributed by atoms with E-state index in [2.05, 4.69) is 216 Å². The molecule has 0 amide bonds. The first-order valence-electron chi connectivity index (χ1n) is 17.1. The highest BCUT2D eigenvalue weighted by Gasteiger charge is 2.23. The number of fused-ring (bicyclic) bond motifs is 3. The Labute approximate surface area is 292 Å². The highest BCUT2D eigenvalue weighted by Crippen LogP contribution is 2.47. The van der Waals surface area contributed by atoms with E-state index in [4.69, 9.17) is 0 Å². The number of hydrogen-bond acceptors (Lipinski definition) is 1. The molecule has 0 saturated heterocycles. The largest absolute Gasteiger partial charge is 0.309 e. The van der Waals surface area contributed by atoms with Crippen LogP contribution in [-0.2, 0) is 0 Å². The number of aromatic nitrogens is 1. The molecule has 0 bridgehead atoms. The average Bonchev–Trinajstić information content (AvgIpc) is 3.54. The third kappa shape index (κ3) is 5.24. The van der Waals surface area contributed by atoms with Gasteiger partial charge in [0.1, 0.15) is 0 Å². The van der Waals surface area contributed by atoms with Gasteiger partial charge in [-0.3, -0.25) is 0 Å². The van der Waals surface area contributed by atoms with Crippen molar-refractivity contribution in [2.45, 2.75) is 0 Å². The van der Waals surface area contributed by atoms with Crippen LogP contribution < -0.4 is 4.90 Å². The van der Waals surface area contributed by atoms with Crippen LogP contribution in [0.15, 0.2) is 206 Å². The van der Waals surface area contributed by atoms with Crippen molar-refractivity contribution in [1.29, 1.82) is 0 Å². The lowest BCUT2D eigenvalue weighted by molar-refractivity contribution is 1.18. The summed E-state index contributed by atoms with van der Waals surface area (Å²) in [5, 5.41) is 2.43. The first-order chi connectivity index (χ1) is 24.8. The zero-order valence-corrected chi connectivity index (χ0v) is 27.5. The Morgan fingerprint density at radius 2 is 0.860 bits per heavy atom. The SMILES string of the molecule is c1ccc(-c2ccc(-c3cccc(N(c4ccccc4-c4ccccc4)c4cccc5c4c4ccccc4n5-c4ccccc4)c3)cc2)cc1. The highest BCUT2D eigenvalue weighted by molar-refractivity contribution is 6.17. The third-order valence-electron chi connectivity index (χ3n) is 9.59. The number of anilines is 3. The molecule has 8 aromatic carbocycles. The van der Waals surface area contributed by atoms with Crippen molar-refractivity contribution in [2.24, 2.45) is 0 Å². The van der Waals surface area contributed by atoms with E-state index in [-0.39, 0.29) is 0 Å². The Morgan fingerprint density at radius 1 is 0.340 bits per heavy atom. The second-order valence-corrected chi connectivity index (χ2v) is 12.6. The molecule has 0 aliphatic rings. The minimum absolute atomic E-state index is 1.10. The average molecular weight is 639 g/mol. The number of hydrogen-bond donors (Lipinski definition) is 0. The van der Waals surface area contributed by atoms with Gasteiger partial charge < -0.3 is 9.47 Å². The van der Waals surface area contributed by atoms with E-state index in [1.54, 1.807) is 0 Å². The molecular weight excluding hydrogens is 605 g/mol. The molecule has 0 saturated carbocycles. The summed E-state index contributed by atoms with van der Waals surface area (Å²) in [6.45, 7) is 0. The molecule has 0 aliphatic heterocycles. The molecular formula is C48H34N2. The maximum Gasteiger partial charge on any atom is 0.0562 e. The Kier molecular flexibility index (Phi) is 7.53. The fourth-order valence-corrected chi connectivity index (χ4v) is 7.29. The van der Waals surface area contributed by atoms with Crippen LogP contribution in [0.1, 0.15) is 0 Å². The zero-order valence-electron chi connectivity index (χ0n) is 27.5. The van der Waals surface area contributed by atoms with Gasteiger partial charge in [0.05, 0.1) is 22.4 Å². The molecule has 1 aromatic heterocycles. The molecule has 0 radical (unpaired) electrons. The van der Waals surface area contributed by atoms with Gasteiger partial charge in [-0.1, -0.05) is 158 Å². The van der Waals surface area contributed by atoms with Crippen LogP contribution in [0.5, 0.6) is 0 Å². The van der Waals surface area contributed by atoms with Gasteiger partial charge in [-0.2, -0.15) is 0 Å². The molecule has 0 spiro atoms. The molecule has 0 fully saturated rings. The van der Waals surface area contributed by atoms with Crippen LogP contribution in [0.3, 0.4) is 0 Å². The minimum Gasteiger partial charge on any atom is -0.309 e. The number of benzene rings is 8. The van der Waals surface area contributed by atoms with Crippen LogP contribution >= 0.6 is 0 Å².